The van der Waals surface area contributed by atoms with Gasteiger partial charge in [-0.25, -0.2) is 9.97 Å². The summed E-state index contributed by atoms with van der Waals surface area (Å²) in [7, 11) is 0. The van der Waals surface area contributed by atoms with E-state index in [0.29, 0.717) is 18.4 Å². The first-order valence-electron chi connectivity index (χ1n) is 5.63. The van der Waals surface area contributed by atoms with Crippen LogP contribution in [0.2, 0.25) is 0 Å². The zero-order valence-electron chi connectivity index (χ0n) is 8.95. The number of nitrogens with two attached hydrogens (primary N) is 2. The molecule has 1 aromatic rings. The Kier molecular flexibility index (Phi) is 3.16. The fourth-order valence-electron chi connectivity index (χ4n) is 2.25. The molecule has 1 aromatic heterocycles. The molecule has 2 rings (SSSR count). The first-order valence-corrected chi connectivity index (χ1v) is 5.63. The fourth-order valence-corrected chi connectivity index (χ4v) is 2.25. The average Bonchev–Trinajstić information content (AvgIpc) is 2.70. The van der Waals surface area contributed by atoms with E-state index in [1.165, 1.54) is 25.7 Å². The summed E-state index contributed by atoms with van der Waals surface area (Å²) in [6.45, 7) is 0.612. The van der Waals surface area contributed by atoms with Crippen LogP contribution in [0.25, 0.3) is 0 Å². The largest absolute Gasteiger partial charge is 0.368 e. The molecule has 0 atom stereocenters. The molecule has 4 N–H and O–H groups in total. The van der Waals surface area contributed by atoms with Crippen molar-refractivity contribution in [2.24, 2.45) is 5.73 Å². The summed E-state index contributed by atoms with van der Waals surface area (Å²) in [5, 5.41) is 0. The van der Waals surface area contributed by atoms with E-state index in [2.05, 4.69) is 16.0 Å². The molecule has 0 saturated heterocycles. The summed E-state index contributed by atoms with van der Waals surface area (Å²) < 4.78 is 0. The molecule has 1 heterocycles. The Balaban J connectivity index is 2.22. The van der Waals surface area contributed by atoms with Crippen LogP contribution in [-0.2, 0) is 6.42 Å². The minimum atomic E-state index is 0.392. The summed E-state index contributed by atoms with van der Waals surface area (Å²) in [6, 6.07) is 2.07. The molecule has 15 heavy (non-hydrogen) atoms. The van der Waals surface area contributed by atoms with Crippen LogP contribution in [-0.4, -0.2) is 16.5 Å². The van der Waals surface area contributed by atoms with Gasteiger partial charge in [-0.15, -0.1) is 0 Å². The van der Waals surface area contributed by atoms with E-state index in [-0.39, 0.29) is 0 Å². The molecule has 82 valence electrons. The Labute approximate surface area is 90.1 Å². The molecular formula is C11H18N4. The quantitative estimate of drug-likeness (QED) is 0.779. The smallest absolute Gasteiger partial charge is 0.220 e. The van der Waals surface area contributed by atoms with Crippen molar-refractivity contribution in [3.63, 3.8) is 0 Å². The van der Waals surface area contributed by atoms with E-state index < -0.39 is 0 Å². The molecule has 0 aliphatic heterocycles. The fraction of sp³-hybridized carbons (Fsp3) is 0.636. The second kappa shape index (κ2) is 4.57. The number of hydrogen-bond donors (Lipinski definition) is 2. The predicted molar refractivity (Wildman–Crippen MR) is 60.4 cm³/mol. The summed E-state index contributed by atoms with van der Waals surface area (Å²) >= 11 is 0. The standard InChI is InChI=1S/C11H18N4/c12-6-5-9-7-10(15-11(13)14-9)8-3-1-2-4-8/h7-8H,1-6,12H2,(H2,13,14,15). The second-order valence-electron chi connectivity index (χ2n) is 4.16. The van der Waals surface area contributed by atoms with Crippen LogP contribution in [0.1, 0.15) is 43.0 Å². The molecule has 1 fully saturated rings. The summed E-state index contributed by atoms with van der Waals surface area (Å²) in [5.41, 5.74) is 13.3. The molecule has 1 aliphatic carbocycles. The molecule has 1 saturated carbocycles. The number of aromatic nitrogens is 2. The molecular weight excluding hydrogens is 188 g/mol. The van der Waals surface area contributed by atoms with Crippen LogP contribution in [0.15, 0.2) is 6.07 Å². The number of anilines is 1. The van der Waals surface area contributed by atoms with Gasteiger partial charge in [-0.05, 0) is 25.5 Å². The first-order chi connectivity index (χ1) is 7.29. The van der Waals surface area contributed by atoms with Crippen molar-refractivity contribution < 1.29 is 0 Å². The lowest BCUT2D eigenvalue weighted by Gasteiger charge is -2.10. The van der Waals surface area contributed by atoms with Gasteiger partial charge in [0.25, 0.3) is 0 Å². The monoisotopic (exact) mass is 206 g/mol. The lowest BCUT2D eigenvalue weighted by atomic mass is 10.0. The van der Waals surface area contributed by atoms with E-state index in [1.54, 1.807) is 0 Å². The molecule has 4 nitrogen and oxygen atoms in total. The highest BCUT2D eigenvalue weighted by Gasteiger charge is 2.19. The number of nitrogen functional groups attached to an aromatic ring is 1. The summed E-state index contributed by atoms with van der Waals surface area (Å²) in [5.74, 6) is 0.981. The van der Waals surface area contributed by atoms with Gasteiger partial charge in [-0.1, -0.05) is 12.8 Å². The lowest BCUT2D eigenvalue weighted by Crippen LogP contribution is -2.09. The van der Waals surface area contributed by atoms with E-state index in [9.17, 15) is 0 Å². The third-order valence-corrected chi connectivity index (χ3v) is 2.99. The van der Waals surface area contributed by atoms with Crippen LogP contribution >= 0.6 is 0 Å². The van der Waals surface area contributed by atoms with Crippen LogP contribution in [0.4, 0.5) is 5.95 Å². The Hall–Kier alpha value is -1.16. The molecule has 0 bridgehead atoms. The highest BCUT2D eigenvalue weighted by atomic mass is 15.0. The van der Waals surface area contributed by atoms with Gasteiger partial charge in [0.1, 0.15) is 0 Å². The molecule has 0 spiro atoms. The van der Waals surface area contributed by atoms with Gasteiger partial charge in [0, 0.05) is 23.7 Å². The van der Waals surface area contributed by atoms with Gasteiger partial charge in [0.2, 0.25) is 5.95 Å². The number of nitrogens with zero attached hydrogens (tertiary/aromatic N) is 2. The van der Waals surface area contributed by atoms with E-state index >= 15 is 0 Å². The molecule has 0 radical (unpaired) electrons. The normalized spacial score (nSPS) is 17.1. The molecule has 1 aliphatic rings. The van der Waals surface area contributed by atoms with Crippen molar-refractivity contribution in [1.82, 2.24) is 9.97 Å². The molecule has 4 heteroatoms. The van der Waals surface area contributed by atoms with Gasteiger partial charge in [0.05, 0.1) is 0 Å². The predicted octanol–water partition coefficient (Wildman–Crippen LogP) is 1.22. The zero-order valence-corrected chi connectivity index (χ0v) is 8.95. The topological polar surface area (TPSA) is 77.8 Å². The average molecular weight is 206 g/mol. The summed E-state index contributed by atoms with van der Waals surface area (Å²) in [4.78, 5) is 8.51. The van der Waals surface area contributed by atoms with E-state index in [1.807, 2.05) is 0 Å². The van der Waals surface area contributed by atoms with Crippen molar-refractivity contribution in [2.75, 3.05) is 12.3 Å². The third-order valence-electron chi connectivity index (χ3n) is 2.99. The van der Waals surface area contributed by atoms with Crippen molar-refractivity contribution in [3.8, 4) is 0 Å². The van der Waals surface area contributed by atoms with Gasteiger partial charge in [0.15, 0.2) is 0 Å². The number of rotatable bonds is 3. The minimum Gasteiger partial charge on any atom is -0.368 e. The molecule has 0 amide bonds. The van der Waals surface area contributed by atoms with Gasteiger partial charge in [-0.2, -0.15) is 0 Å². The van der Waals surface area contributed by atoms with Crippen molar-refractivity contribution in [3.05, 3.63) is 17.5 Å². The Morgan fingerprint density at radius 3 is 2.67 bits per heavy atom. The SMILES string of the molecule is NCCc1cc(C2CCCC2)nc(N)n1. The lowest BCUT2D eigenvalue weighted by molar-refractivity contribution is 0.691. The summed E-state index contributed by atoms with van der Waals surface area (Å²) in [6.07, 6.45) is 5.87. The Morgan fingerprint density at radius 2 is 2.00 bits per heavy atom. The highest BCUT2D eigenvalue weighted by molar-refractivity contribution is 5.25. The third kappa shape index (κ3) is 2.45. The zero-order chi connectivity index (χ0) is 10.7. The van der Waals surface area contributed by atoms with Crippen molar-refractivity contribution in [1.29, 1.82) is 0 Å². The first kappa shape index (κ1) is 10.4. The number of hydrogen-bond acceptors (Lipinski definition) is 4. The second-order valence-corrected chi connectivity index (χ2v) is 4.16. The van der Waals surface area contributed by atoms with Crippen molar-refractivity contribution in [2.45, 2.75) is 38.0 Å². The van der Waals surface area contributed by atoms with E-state index in [0.717, 1.165) is 17.8 Å². The highest BCUT2D eigenvalue weighted by Crippen LogP contribution is 2.33. The maximum absolute atomic E-state index is 5.69. The van der Waals surface area contributed by atoms with Crippen LogP contribution in [0.5, 0.6) is 0 Å². The van der Waals surface area contributed by atoms with Crippen LogP contribution in [0, 0.1) is 0 Å². The van der Waals surface area contributed by atoms with Gasteiger partial charge < -0.3 is 11.5 Å². The Bertz CT molecular complexity index is 331. The van der Waals surface area contributed by atoms with Crippen LogP contribution < -0.4 is 11.5 Å². The van der Waals surface area contributed by atoms with Gasteiger partial charge >= 0.3 is 0 Å². The van der Waals surface area contributed by atoms with Crippen molar-refractivity contribution >= 4 is 5.95 Å². The maximum Gasteiger partial charge on any atom is 0.220 e. The molecule has 0 unspecified atom stereocenters. The van der Waals surface area contributed by atoms with E-state index in [4.69, 9.17) is 11.5 Å². The minimum absolute atomic E-state index is 0.392. The Morgan fingerprint density at radius 1 is 1.27 bits per heavy atom. The van der Waals surface area contributed by atoms with Gasteiger partial charge in [-0.3, -0.25) is 0 Å². The van der Waals surface area contributed by atoms with Crippen LogP contribution in [0.3, 0.4) is 0 Å². The maximum atomic E-state index is 5.69. The molecule has 0 aromatic carbocycles.